The molecule has 0 aliphatic heterocycles. The Morgan fingerprint density at radius 1 is 0.429 bits per heavy atom. The van der Waals surface area contributed by atoms with Gasteiger partial charge in [-0.05, 0) is 73.1 Å². The molecular formula is C45H30N4. The molecule has 1 heterocycles. The van der Waals surface area contributed by atoms with Gasteiger partial charge in [0.1, 0.15) is 0 Å². The van der Waals surface area contributed by atoms with Gasteiger partial charge in [-0.25, -0.2) is 19.8 Å². The third-order valence-electron chi connectivity index (χ3n) is 9.92. The number of benzene rings is 7. The van der Waals surface area contributed by atoms with E-state index in [4.69, 9.17) is 21.5 Å². The Labute approximate surface area is 285 Å². The number of rotatable bonds is 4. The number of nitrogens with zero attached hydrogens (tertiary/aromatic N) is 4. The zero-order chi connectivity index (χ0) is 33.1. The molecule has 0 fully saturated rings. The van der Waals surface area contributed by atoms with Crippen molar-refractivity contribution in [2.24, 2.45) is 0 Å². The van der Waals surface area contributed by atoms with Crippen LogP contribution < -0.4 is 0 Å². The Kier molecular flexibility index (Phi) is 6.50. The van der Waals surface area contributed by atoms with Gasteiger partial charge < -0.3 is 0 Å². The molecule has 0 saturated heterocycles. The lowest BCUT2D eigenvalue weighted by Crippen LogP contribution is -2.14. The molecule has 0 atom stereocenters. The fourth-order valence-electron chi connectivity index (χ4n) is 7.22. The second-order valence-corrected chi connectivity index (χ2v) is 13.2. The molecule has 7 aromatic carbocycles. The zero-order valence-corrected chi connectivity index (χ0v) is 27.1. The maximum Gasteiger partial charge on any atom is 0.187 e. The van der Waals surface area contributed by atoms with Crippen LogP contribution in [0.4, 0.5) is 5.69 Å². The third-order valence-corrected chi connectivity index (χ3v) is 9.92. The minimum Gasteiger partial charge on any atom is -0.238 e. The summed E-state index contributed by atoms with van der Waals surface area (Å²) in [6.07, 6.45) is 0. The van der Waals surface area contributed by atoms with E-state index in [1.807, 2.05) is 12.1 Å². The monoisotopic (exact) mass is 626 g/mol. The van der Waals surface area contributed by atoms with Gasteiger partial charge in [0.05, 0.1) is 6.57 Å². The molecule has 0 bridgehead atoms. The summed E-state index contributed by atoms with van der Waals surface area (Å²) in [5.41, 5.74) is 10.6. The first-order valence-corrected chi connectivity index (χ1v) is 16.5. The molecule has 0 spiro atoms. The summed E-state index contributed by atoms with van der Waals surface area (Å²) in [5.74, 6) is 1.92. The molecule has 1 aliphatic carbocycles. The topological polar surface area (TPSA) is 43.0 Å². The maximum atomic E-state index is 7.50. The van der Waals surface area contributed by atoms with Gasteiger partial charge in [0.15, 0.2) is 23.2 Å². The Balaban J connectivity index is 1.13. The van der Waals surface area contributed by atoms with Gasteiger partial charge >= 0.3 is 0 Å². The molecule has 9 rings (SSSR count). The number of hydrogen-bond acceptors (Lipinski definition) is 3. The molecule has 230 valence electrons. The van der Waals surface area contributed by atoms with Crippen LogP contribution in [-0.4, -0.2) is 15.0 Å². The number of aromatic nitrogens is 3. The fourth-order valence-corrected chi connectivity index (χ4v) is 7.22. The van der Waals surface area contributed by atoms with Crippen molar-refractivity contribution in [3.05, 3.63) is 168 Å². The first kappa shape index (κ1) is 28.8. The highest BCUT2D eigenvalue weighted by Crippen LogP contribution is 2.50. The van der Waals surface area contributed by atoms with Crippen LogP contribution in [0.3, 0.4) is 0 Å². The minimum absolute atomic E-state index is 0.155. The van der Waals surface area contributed by atoms with Crippen molar-refractivity contribution in [1.82, 2.24) is 15.0 Å². The van der Waals surface area contributed by atoms with E-state index in [0.717, 1.165) is 38.6 Å². The van der Waals surface area contributed by atoms with Crippen LogP contribution in [0.15, 0.2) is 146 Å². The lowest BCUT2D eigenvalue weighted by atomic mass is 9.82. The van der Waals surface area contributed by atoms with Crippen LogP contribution in [0, 0.1) is 6.57 Å². The smallest absolute Gasteiger partial charge is 0.187 e. The van der Waals surface area contributed by atoms with Crippen molar-refractivity contribution in [3.8, 4) is 56.4 Å². The zero-order valence-electron chi connectivity index (χ0n) is 27.1. The van der Waals surface area contributed by atoms with Crippen LogP contribution >= 0.6 is 0 Å². The second kappa shape index (κ2) is 11.1. The first-order valence-electron chi connectivity index (χ1n) is 16.5. The van der Waals surface area contributed by atoms with Crippen molar-refractivity contribution in [2.75, 3.05) is 0 Å². The van der Waals surface area contributed by atoms with E-state index in [2.05, 4.69) is 152 Å². The van der Waals surface area contributed by atoms with E-state index < -0.39 is 0 Å². The van der Waals surface area contributed by atoms with E-state index in [1.165, 1.54) is 33.0 Å². The van der Waals surface area contributed by atoms with Gasteiger partial charge in [-0.3, -0.25) is 0 Å². The van der Waals surface area contributed by atoms with Gasteiger partial charge in [-0.2, -0.15) is 0 Å². The normalized spacial score (nSPS) is 12.8. The van der Waals surface area contributed by atoms with Crippen LogP contribution in [0.1, 0.15) is 25.0 Å². The fraction of sp³-hybridized carbons (Fsp3) is 0.0667. The SMILES string of the molecule is [C-]#[N+]c1ccc2c(c1)C(C)(C)c1ccc(-c3ccc(-c4nc(-c5ccc6ccccc6c5)nc(-c5ccc6ccccc6c5)n4)cc3)cc1-2. The van der Waals surface area contributed by atoms with Gasteiger partial charge in [0, 0.05) is 22.1 Å². The Morgan fingerprint density at radius 3 is 1.53 bits per heavy atom. The Hall–Kier alpha value is -6.44. The highest BCUT2D eigenvalue weighted by atomic mass is 15.0. The van der Waals surface area contributed by atoms with Gasteiger partial charge in [0.25, 0.3) is 0 Å². The summed E-state index contributed by atoms with van der Waals surface area (Å²) in [6.45, 7) is 12.0. The molecule has 4 nitrogen and oxygen atoms in total. The van der Waals surface area contributed by atoms with Crippen LogP contribution in [0.5, 0.6) is 0 Å². The molecule has 0 amide bonds. The van der Waals surface area contributed by atoms with Gasteiger partial charge in [0.2, 0.25) is 0 Å². The highest BCUT2D eigenvalue weighted by Gasteiger charge is 2.35. The van der Waals surface area contributed by atoms with E-state index in [1.54, 1.807) is 0 Å². The summed E-state index contributed by atoms with van der Waals surface area (Å²) < 4.78 is 0. The van der Waals surface area contributed by atoms with Crippen LogP contribution in [0.2, 0.25) is 0 Å². The van der Waals surface area contributed by atoms with Crippen LogP contribution in [-0.2, 0) is 5.41 Å². The largest absolute Gasteiger partial charge is 0.238 e. The summed E-state index contributed by atoms with van der Waals surface area (Å²) in [5, 5.41) is 4.65. The number of fused-ring (bicyclic) bond motifs is 5. The number of hydrogen-bond donors (Lipinski definition) is 0. The average molecular weight is 627 g/mol. The Morgan fingerprint density at radius 2 is 0.939 bits per heavy atom. The standard InChI is InChI=1S/C45H30N4/c1-45(2)40-23-20-34(26-39(40)38-22-21-37(46-3)27-41(38)45)30-12-16-31(17-13-30)42-47-43(35-18-14-28-8-4-6-10-32(28)24-35)49-44(48-42)36-19-15-29-9-5-7-11-33(29)25-36/h4-27H,1-2H3. The predicted molar refractivity (Wildman–Crippen MR) is 200 cm³/mol. The summed E-state index contributed by atoms with van der Waals surface area (Å²) in [7, 11) is 0. The van der Waals surface area contributed by atoms with E-state index >= 15 is 0 Å². The molecule has 0 unspecified atom stereocenters. The molecule has 4 heteroatoms. The third kappa shape index (κ3) is 4.87. The molecule has 0 N–H and O–H groups in total. The van der Waals surface area contributed by atoms with Crippen molar-refractivity contribution in [2.45, 2.75) is 19.3 Å². The first-order chi connectivity index (χ1) is 23.9. The highest BCUT2D eigenvalue weighted by molar-refractivity contribution is 5.89. The lowest BCUT2D eigenvalue weighted by molar-refractivity contribution is 0.661. The van der Waals surface area contributed by atoms with Gasteiger partial charge in [-0.1, -0.05) is 141 Å². The molecular weight excluding hydrogens is 597 g/mol. The molecule has 1 aromatic heterocycles. The average Bonchev–Trinajstić information content (AvgIpc) is 3.39. The van der Waals surface area contributed by atoms with Crippen molar-refractivity contribution >= 4 is 27.2 Å². The van der Waals surface area contributed by atoms with Gasteiger partial charge in [-0.15, -0.1) is 0 Å². The summed E-state index contributed by atoms with van der Waals surface area (Å²) in [6, 6.07) is 50.7. The minimum atomic E-state index is -0.155. The predicted octanol–water partition coefficient (Wildman–Crippen LogP) is 11.7. The van der Waals surface area contributed by atoms with Crippen LogP contribution in [0.25, 0.3) is 82.8 Å². The van der Waals surface area contributed by atoms with Crippen molar-refractivity contribution in [1.29, 1.82) is 0 Å². The van der Waals surface area contributed by atoms with E-state index in [9.17, 15) is 0 Å². The lowest BCUT2D eigenvalue weighted by Gasteiger charge is -2.21. The molecule has 8 aromatic rings. The quantitative estimate of drug-likeness (QED) is 0.183. The van der Waals surface area contributed by atoms with Crippen molar-refractivity contribution < 1.29 is 0 Å². The Bertz CT molecular complexity index is 2550. The molecule has 0 radical (unpaired) electrons. The second-order valence-electron chi connectivity index (χ2n) is 13.2. The molecule has 1 aliphatic rings. The molecule has 0 saturated carbocycles. The van der Waals surface area contributed by atoms with E-state index in [-0.39, 0.29) is 5.41 Å². The summed E-state index contributed by atoms with van der Waals surface area (Å²) in [4.78, 5) is 18.8. The molecule has 49 heavy (non-hydrogen) atoms. The summed E-state index contributed by atoms with van der Waals surface area (Å²) >= 11 is 0. The maximum absolute atomic E-state index is 7.50. The van der Waals surface area contributed by atoms with Crippen molar-refractivity contribution in [3.63, 3.8) is 0 Å². The van der Waals surface area contributed by atoms with E-state index in [0.29, 0.717) is 23.2 Å².